The number of piperidine rings is 2. The summed E-state index contributed by atoms with van der Waals surface area (Å²) in [5.74, 6) is 2.17. The molecule has 2 heterocycles. The van der Waals surface area contributed by atoms with Crippen LogP contribution in [0.25, 0.3) is 0 Å². The molecule has 4 nitrogen and oxygen atoms in total. The normalized spacial score (nSPS) is 43.3. The minimum Gasteiger partial charge on any atom is -0.478 e. The number of nitrogens with zero attached hydrogens (tertiary/aromatic N) is 1. The zero-order valence-corrected chi connectivity index (χ0v) is 17.4. The van der Waals surface area contributed by atoms with Gasteiger partial charge < -0.3 is 10.4 Å². The highest BCUT2D eigenvalue weighted by molar-refractivity contribution is 5.94. The average molecular weight is 395 g/mol. The van der Waals surface area contributed by atoms with E-state index in [0.717, 1.165) is 23.4 Å². The summed E-state index contributed by atoms with van der Waals surface area (Å²) >= 11 is 0. The van der Waals surface area contributed by atoms with Crippen molar-refractivity contribution in [3.8, 4) is 0 Å². The molecule has 6 fully saturated rings. The molecule has 1 aromatic carbocycles. The van der Waals surface area contributed by atoms with Gasteiger partial charge in [-0.2, -0.15) is 0 Å². The first-order valence-electron chi connectivity index (χ1n) is 12.0. The fourth-order valence-electron chi connectivity index (χ4n) is 8.67. The number of rotatable bonds is 4. The molecule has 1 aromatic rings. The molecule has 7 rings (SSSR count). The molecule has 4 aliphatic carbocycles. The Morgan fingerprint density at radius 2 is 1.52 bits per heavy atom. The van der Waals surface area contributed by atoms with Crippen LogP contribution in [0.4, 0.5) is 5.69 Å². The van der Waals surface area contributed by atoms with Crippen molar-refractivity contribution in [2.45, 2.75) is 94.3 Å². The minimum absolute atomic E-state index is 0.399. The van der Waals surface area contributed by atoms with Crippen LogP contribution in [0, 0.1) is 17.8 Å². The van der Waals surface area contributed by atoms with Crippen molar-refractivity contribution < 1.29 is 9.90 Å². The fourth-order valence-corrected chi connectivity index (χ4v) is 8.67. The molecule has 4 heteroatoms. The number of anilines is 1. The predicted molar refractivity (Wildman–Crippen MR) is 114 cm³/mol. The Morgan fingerprint density at radius 1 is 0.931 bits per heavy atom. The number of aromatic carboxylic acids is 1. The van der Waals surface area contributed by atoms with Gasteiger partial charge in [0.1, 0.15) is 0 Å². The van der Waals surface area contributed by atoms with E-state index in [0.29, 0.717) is 29.2 Å². The zero-order chi connectivity index (χ0) is 19.6. The van der Waals surface area contributed by atoms with E-state index in [1.54, 1.807) is 6.07 Å². The molecule has 6 bridgehead atoms. The van der Waals surface area contributed by atoms with Crippen molar-refractivity contribution in [1.82, 2.24) is 4.90 Å². The van der Waals surface area contributed by atoms with Crippen LogP contribution in [0.1, 0.15) is 81.0 Å². The van der Waals surface area contributed by atoms with Gasteiger partial charge in [0.15, 0.2) is 0 Å². The largest absolute Gasteiger partial charge is 0.478 e. The van der Waals surface area contributed by atoms with E-state index >= 15 is 0 Å². The smallest absolute Gasteiger partial charge is 0.337 e. The second-order valence-electron chi connectivity index (χ2n) is 11.0. The third-order valence-electron chi connectivity index (χ3n) is 9.05. The van der Waals surface area contributed by atoms with E-state index in [-0.39, 0.29) is 0 Å². The van der Waals surface area contributed by atoms with Crippen LogP contribution in [0.2, 0.25) is 0 Å². The number of fused-ring (bicyclic) bond motifs is 2. The number of carboxylic acid groups (broad SMARTS) is 1. The SMILES string of the molecule is O=C(O)c1ccccc1NC1C[C@H]2CCC[C@@H](C1)N2C12CC3CC(CC(C3)C1)C2. The Kier molecular flexibility index (Phi) is 4.23. The molecule has 1 unspecified atom stereocenters. The lowest BCUT2D eigenvalue weighted by Gasteiger charge is -2.66. The Bertz CT molecular complexity index is 756. The Balaban J connectivity index is 1.24. The number of para-hydroxylation sites is 1. The van der Waals surface area contributed by atoms with Crippen molar-refractivity contribution in [3.63, 3.8) is 0 Å². The maximum Gasteiger partial charge on any atom is 0.337 e. The van der Waals surface area contributed by atoms with Gasteiger partial charge in [0.05, 0.1) is 5.56 Å². The van der Waals surface area contributed by atoms with Crippen LogP contribution in [0.15, 0.2) is 24.3 Å². The van der Waals surface area contributed by atoms with E-state index in [4.69, 9.17) is 0 Å². The summed E-state index contributed by atoms with van der Waals surface area (Å²) in [6.45, 7) is 0. The summed E-state index contributed by atoms with van der Waals surface area (Å²) < 4.78 is 0. The molecule has 3 atom stereocenters. The molecule has 156 valence electrons. The summed E-state index contributed by atoms with van der Waals surface area (Å²) in [5.41, 5.74) is 1.71. The van der Waals surface area contributed by atoms with Crippen molar-refractivity contribution in [3.05, 3.63) is 29.8 Å². The molecule has 2 saturated heterocycles. The summed E-state index contributed by atoms with van der Waals surface area (Å²) in [4.78, 5) is 14.7. The van der Waals surface area contributed by atoms with E-state index < -0.39 is 5.97 Å². The van der Waals surface area contributed by atoms with Gasteiger partial charge in [-0.3, -0.25) is 4.90 Å². The number of hydrogen-bond donors (Lipinski definition) is 2. The van der Waals surface area contributed by atoms with Gasteiger partial charge in [0.25, 0.3) is 0 Å². The Labute approximate surface area is 174 Å². The van der Waals surface area contributed by atoms with Crippen molar-refractivity contribution in [2.24, 2.45) is 17.8 Å². The summed E-state index contributed by atoms with van der Waals surface area (Å²) in [6.07, 6.45) is 15.3. The van der Waals surface area contributed by atoms with E-state index in [1.165, 1.54) is 70.6 Å². The van der Waals surface area contributed by atoms with Crippen molar-refractivity contribution >= 4 is 11.7 Å². The molecular weight excluding hydrogens is 360 g/mol. The number of carboxylic acids is 1. The van der Waals surface area contributed by atoms with Crippen LogP contribution in [0.5, 0.6) is 0 Å². The van der Waals surface area contributed by atoms with Gasteiger partial charge in [-0.25, -0.2) is 4.79 Å². The number of benzene rings is 1. The van der Waals surface area contributed by atoms with Gasteiger partial charge in [0.2, 0.25) is 0 Å². The number of hydrogen-bond acceptors (Lipinski definition) is 3. The second kappa shape index (κ2) is 6.73. The van der Waals surface area contributed by atoms with E-state index in [9.17, 15) is 9.90 Å². The quantitative estimate of drug-likeness (QED) is 0.741. The van der Waals surface area contributed by atoms with E-state index in [1.807, 2.05) is 18.2 Å². The average Bonchev–Trinajstić information content (AvgIpc) is 2.66. The molecule has 0 amide bonds. The lowest BCUT2D eigenvalue weighted by Crippen LogP contribution is -2.68. The standard InChI is InChI=1S/C25H34N2O2/c28-24(29)22-6-1-2-7-23(22)26-19-11-20-4-3-5-21(12-19)27(20)25-13-16-8-17(14-25)10-18(9-16)15-25/h1-2,6-7,16-21,26H,3-5,8-15H2,(H,28,29)/t16?,17?,18?,19?,20-,21+,25?. The van der Waals surface area contributed by atoms with Gasteiger partial charge >= 0.3 is 5.97 Å². The first kappa shape index (κ1) is 18.2. The third-order valence-corrected chi connectivity index (χ3v) is 9.05. The highest BCUT2D eigenvalue weighted by atomic mass is 16.4. The molecule has 6 aliphatic rings. The van der Waals surface area contributed by atoms with Crippen LogP contribution >= 0.6 is 0 Å². The third kappa shape index (κ3) is 3.01. The summed E-state index contributed by atoms with van der Waals surface area (Å²) in [5, 5.41) is 13.2. The first-order chi connectivity index (χ1) is 14.1. The van der Waals surface area contributed by atoms with Crippen molar-refractivity contribution in [2.75, 3.05) is 5.32 Å². The van der Waals surface area contributed by atoms with Crippen molar-refractivity contribution in [1.29, 1.82) is 0 Å². The fraction of sp³-hybridized carbons (Fsp3) is 0.720. The molecular formula is C25H34N2O2. The molecule has 0 radical (unpaired) electrons. The van der Waals surface area contributed by atoms with Gasteiger partial charge in [-0.15, -0.1) is 0 Å². The van der Waals surface area contributed by atoms with Gasteiger partial charge in [0, 0.05) is 29.4 Å². The minimum atomic E-state index is -0.834. The Hall–Kier alpha value is -1.55. The maximum absolute atomic E-state index is 11.6. The molecule has 4 saturated carbocycles. The van der Waals surface area contributed by atoms with Crippen LogP contribution in [0.3, 0.4) is 0 Å². The first-order valence-corrected chi connectivity index (χ1v) is 12.0. The van der Waals surface area contributed by atoms with Gasteiger partial charge in [-0.1, -0.05) is 18.6 Å². The topological polar surface area (TPSA) is 52.6 Å². The predicted octanol–water partition coefficient (Wildman–Crippen LogP) is 5.15. The monoisotopic (exact) mass is 394 g/mol. The number of nitrogens with one attached hydrogen (secondary N) is 1. The lowest BCUT2D eigenvalue weighted by molar-refractivity contribution is -0.146. The van der Waals surface area contributed by atoms with Crippen LogP contribution in [-0.4, -0.2) is 39.6 Å². The van der Waals surface area contributed by atoms with Gasteiger partial charge in [-0.05, 0) is 94.1 Å². The second-order valence-corrected chi connectivity index (χ2v) is 11.0. The molecule has 2 N–H and O–H groups in total. The summed E-state index contributed by atoms with van der Waals surface area (Å²) in [7, 11) is 0. The molecule has 0 aromatic heterocycles. The Morgan fingerprint density at radius 3 is 2.10 bits per heavy atom. The summed E-state index contributed by atoms with van der Waals surface area (Å²) in [6, 6.07) is 9.19. The van der Waals surface area contributed by atoms with Crippen LogP contribution < -0.4 is 5.32 Å². The molecule has 29 heavy (non-hydrogen) atoms. The molecule has 0 spiro atoms. The van der Waals surface area contributed by atoms with E-state index in [2.05, 4.69) is 10.2 Å². The highest BCUT2D eigenvalue weighted by Gasteiger charge is 2.57. The zero-order valence-electron chi connectivity index (χ0n) is 17.4. The lowest BCUT2D eigenvalue weighted by atomic mass is 9.51. The maximum atomic E-state index is 11.6. The highest BCUT2D eigenvalue weighted by Crippen LogP contribution is 2.60. The molecule has 2 aliphatic heterocycles. The van der Waals surface area contributed by atoms with Crippen LogP contribution in [-0.2, 0) is 0 Å². The number of carbonyl (C=O) groups is 1.